The molecule has 1 N–H and O–H groups in total. The molecule has 34 heavy (non-hydrogen) atoms. The van der Waals surface area contributed by atoms with Crippen molar-refractivity contribution in [2.75, 3.05) is 39.9 Å². The Labute approximate surface area is 207 Å². The van der Waals surface area contributed by atoms with Gasteiger partial charge in [0.2, 0.25) is 5.91 Å². The number of carbonyl (C=O) groups excluding carboxylic acids is 2. The monoisotopic (exact) mass is 487 g/mol. The molecule has 0 fully saturated rings. The minimum Gasteiger partial charge on any atom is -0.493 e. The van der Waals surface area contributed by atoms with Crippen LogP contribution in [-0.2, 0) is 11.2 Å². The molecule has 0 aliphatic carbocycles. The standard InChI is InChI=1S/C26H37N3O4S/c1-5-13-27-26(31)28(14-10-19(2)3)17-25(30)29-15-11-24-20(12-16-34-24)21(29)18-33-23-9-7-6-8-22(23)32-4/h6-9,12,16,19,21H,5,10-11,13-15,17-18H2,1-4H3,(H,27,31). The molecular formula is C26H37N3O4S. The van der Waals surface area contributed by atoms with Crippen molar-refractivity contribution >= 4 is 23.3 Å². The number of carbonyl (C=O) groups is 2. The second-order valence-electron chi connectivity index (χ2n) is 8.95. The Hall–Kier alpha value is -2.74. The third-order valence-corrected chi connectivity index (χ3v) is 6.99. The number of hydrogen-bond donors (Lipinski definition) is 1. The van der Waals surface area contributed by atoms with E-state index in [0.717, 1.165) is 24.8 Å². The van der Waals surface area contributed by atoms with Gasteiger partial charge in [-0.2, -0.15) is 0 Å². The summed E-state index contributed by atoms with van der Waals surface area (Å²) in [4.78, 5) is 31.1. The Morgan fingerprint density at radius 3 is 2.71 bits per heavy atom. The van der Waals surface area contributed by atoms with Crippen LogP contribution < -0.4 is 14.8 Å². The van der Waals surface area contributed by atoms with E-state index in [0.29, 0.717) is 43.7 Å². The normalized spacial score (nSPS) is 15.1. The lowest BCUT2D eigenvalue weighted by Gasteiger charge is -2.37. The number of ether oxygens (including phenoxy) is 2. The van der Waals surface area contributed by atoms with E-state index >= 15 is 0 Å². The number of amides is 3. The molecule has 8 heteroatoms. The smallest absolute Gasteiger partial charge is 0.317 e. The van der Waals surface area contributed by atoms with Crippen LogP contribution in [0.4, 0.5) is 4.79 Å². The number of hydrogen-bond acceptors (Lipinski definition) is 5. The first-order valence-electron chi connectivity index (χ1n) is 12.1. The van der Waals surface area contributed by atoms with E-state index in [1.807, 2.05) is 36.1 Å². The summed E-state index contributed by atoms with van der Waals surface area (Å²) in [6, 6.07) is 9.22. The largest absolute Gasteiger partial charge is 0.493 e. The molecule has 0 spiro atoms. The first kappa shape index (κ1) is 25.9. The number of thiophene rings is 1. The molecule has 3 amide bonds. The minimum atomic E-state index is -0.210. The van der Waals surface area contributed by atoms with Crippen molar-refractivity contribution < 1.29 is 19.1 Å². The number of benzene rings is 1. The van der Waals surface area contributed by atoms with Gasteiger partial charge in [0.05, 0.1) is 13.2 Å². The summed E-state index contributed by atoms with van der Waals surface area (Å²) in [6.45, 7) is 8.41. The fraction of sp³-hybridized carbons (Fsp3) is 0.538. The van der Waals surface area contributed by atoms with E-state index in [1.54, 1.807) is 23.3 Å². The lowest BCUT2D eigenvalue weighted by molar-refractivity contribution is -0.135. The number of urea groups is 1. The van der Waals surface area contributed by atoms with Crippen molar-refractivity contribution in [2.24, 2.45) is 5.92 Å². The molecule has 1 aliphatic rings. The molecule has 0 saturated heterocycles. The zero-order chi connectivity index (χ0) is 24.5. The van der Waals surface area contributed by atoms with Crippen molar-refractivity contribution in [3.63, 3.8) is 0 Å². The van der Waals surface area contributed by atoms with E-state index in [4.69, 9.17) is 9.47 Å². The molecular weight excluding hydrogens is 450 g/mol. The summed E-state index contributed by atoms with van der Waals surface area (Å²) in [7, 11) is 1.62. The van der Waals surface area contributed by atoms with Crippen molar-refractivity contribution in [3.8, 4) is 11.5 Å². The van der Waals surface area contributed by atoms with Gasteiger partial charge in [0.25, 0.3) is 0 Å². The van der Waals surface area contributed by atoms with Crippen LogP contribution in [0.3, 0.4) is 0 Å². The maximum Gasteiger partial charge on any atom is 0.317 e. The van der Waals surface area contributed by atoms with Crippen LogP contribution in [0.2, 0.25) is 0 Å². The van der Waals surface area contributed by atoms with Crippen LogP contribution in [-0.4, -0.2) is 61.6 Å². The van der Waals surface area contributed by atoms with E-state index in [1.165, 1.54) is 4.88 Å². The highest BCUT2D eigenvalue weighted by atomic mass is 32.1. The van der Waals surface area contributed by atoms with Gasteiger partial charge in [0, 0.05) is 24.5 Å². The van der Waals surface area contributed by atoms with Crippen LogP contribution in [0.25, 0.3) is 0 Å². The van der Waals surface area contributed by atoms with Gasteiger partial charge in [-0.25, -0.2) is 4.79 Å². The number of methoxy groups -OCH3 is 1. The van der Waals surface area contributed by atoms with Gasteiger partial charge < -0.3 is 24.6 Å². The second-order valence-corrected chi connectivity index (χ2v) is 9.95. The van der Waals surface area contributed by atoms with Crippen LogP contribution in [0.5, 0.6) is 11.5 Å². The third-order valence-electron chi connectivity index (χ3n) is 6.00. The molecule has 1 atom stereocenters. The Bertz CT molecular complexity index is 946. The summed E-state index contributed by atoms with van der Waals surface area (Å²) in [5, 5.41) is 5.00. The molecule has 1 aromatic heterocycles. The second kappa shape index (κ2) is 12.6. The quantitative estimate of drug-likeness (QED) is 0.497. The number of para-hydroxylation sites is 2. The Kier molecular flexibility index (Phi) is 9.62. The SMILES string of the molecule is CCCNC(=O)N(CCC(C)C)CC(=O)N1CCc2sccc2C1COc1ccccc1OC. The molecule has 186 valence electrons. The van der Waals surface area contributed by atoms with Crippen molar-refractivity contribution in [1.82, 2.24) is 15.1 Å². The fourth-order valence-corrected chi connectivity index (χ4v) is 4.97. The van der Waals surface area contributed by atoms with Gasteiger partial charge in [-0.15, -0.1) is 11.3 Å². The zero-order valence-electron chi connectivity index (χ0n) is 20.7. The van der Waals surface area contributed by atoms with E-state index in [9.17, 15) is 9.59 Å². The number of rotatable bonds is 11. The number of nitrogens with zero attached hydrogens (tertiary/aromatic N) is 2. The van der Waals surface area contributed by atoms with Gasteiger partial charge in [-0.05, 0) is 54.3 Å². The van der Waals surface area contributed by atoms with E-state index in [2.05, 4.69) is 30.6 Å². The summed E-state index contributed by atoms with van der Waals surface area (Å²) >= 11 is 1.72. The van der Waals surface area contributed by atoms with Crippen LogP contribution in [0.1, 0.15) is 50.1 Å². The maximum absolute atomic E-state index is 13.5. The zero-order valence-corrected chi connectivity index (χ0v) is 21.5. The molecule has 2 heterocycles. The summed E-state index contributed by atoms with van der Waals surface area (Å²) in [5.41, 5.74) is 1.13. The van der Waals surface area contributed by atoms with Crippen LogP contribution >= 0.6 is 11.3 Å². The van der Waals surface area contributed by atoms with Crippen LogP contribution in [0.15, 0.2) is 35.7 Å². The van der Waals surface area contributed by atoms with Crippen molar-refractivity contribution in [2.45, 2.75) is 46.1 Å². The minimum absolute atomic E-state index is 0.0547. The molecule has 1 unspecified atom stereocenters. The highest BCUT2D eigenvalue weighted by Crippen LogP contribution is 2.35. The first-order valence-corrected chi connectivity index (χ1v) is 13.0. The lowest BCUT2D eigenvalue weighted by atomic mass is 10.0. The topological polar surface area (TPSA) is 71.1 Å². The molecule has 7 nitrogen and oxygen atoms in total. The Balaban J connectivity index is 1.76. The molecule has 3 rings (SSSR count). The number of fused-ring (bicyclic) bond motifs is 1. The summed E-state index contributed by atoms with van der Waals surface area (Å²) < 4.78 is 11.6. The van der Waals surface area contributed by atoms with Gasteiger partial charge in [-0.3, -0.25) is 4.79 Å². The lowest BCUT2D eigenvalue weighted by Crippen LogP contribution is -2.50. The molecule has 1 aliphatic heterocycles. The molecule has 1 aromatic carbocycles. The van der Waals surface area contributed by atoms with Gasteiger partial charge in [0.1, 0.15) is 13.2 Å². The van der Waals surface area contributed by atoms with E-state index in [-0.39, 0.29) is 24.5 Å². The van der Waals surface area contributed by atoms with Gasteiger partial charge in [0.15, 0.2) is 11.5 Å². The summed E-state index contributed by atoms with van der Waals surface area (Å²) in [5.74, 6) is 1.70. The first-order chi connectivity index (χ1) is 16.4. The van der Waals surface area contributed by atoms with Crippen molar-refractivity contribution in [1.29, 1.82) is 0 Å². The number of nitrogens with one attached hydrogen (secondary N) is 1. The van der Waals surface area contributed by atoms with Crippen LogP contribution in [0, 0.1) is 5.92 Å². The highest BCUT2D eigenvalue weighted by molar-refractivity contribution is 7.10. The summed E-state index contributed by atoms with van der Waals surface area (Å²) in [6.07, 6.45) is 2.52. The molecule has 0 saturated carbocycles. The Morgan fingerprint density at radius 2 is 2.00 bits per heavy atom. The Morgan fingerprint density at radius 1 is 1.24 bits per heavy atom. The molecule has 2 aromatic rings. The van der Waals surface area contributed by atoms with Crippen molar-refractivity contribution in [3.05, 3.63) is 46.2 Å². The predicted octanol–water partition coefficient (Wildman–Crippen LogP) is 4.73. The molecule has 0 radical (unpaired) electrons. The molecule has 0 bridgehead atoms. The predicted molar refractivity (Wildman–Crippen MR) is 136 cm³/mol. The van der Waals surface area contributed by atoms with Gasteiger partial charge >= 0.3 is 6.03 Å². The average Bonchev–Trinajstić information content (AvgIpc) is 3.32. The average molecular weight is 488 g/mol. The fourth-order valence-electron chi connectivity index (χ4n) is 4.05. The highest BCUT2D eigenvalue weighted by Gasteiger charge is 2.33. The van der Waals surface area contributed by atoms with E-state index < -0.39 is 0 Å². The maximum atomic E-state index is 13.5. The van der Waals surface area contributed by atoms with Gasteiger partial charge in [-0.1, -0.05) is 32.9 Å². The third kappa shape index (κ3) is 6.65.